The Labute approximate surface area is 137 Å². The van der Waals surface area contributed by atoms with Crippen LogP contribution in [-0.2, 0) is 16.1 Å². The van der Waals surface area contributed by atoms with Gasteiger partial charge in [-0.25, -0.2) is 4.39 Å². The van der Waals surface area contributed by atoms with Crippen LogP contribution in [-0.4, -0.2) is 54.8 Å². The predicted octanol–water partition coefficient (Wildman–Crippen LogP) is 1.55. The van der Waals surface area contributed by atoms with Crippen molar-refractivity contribution in [2.24, 2.45) is 0 Å². The third-order valence-corrected chi connectivity index (χ3v) is 3.66. The van der Waals surface area contributed by atoms with Crippen LogP contribution in [0.15, 0.2) is 18.2 Å². The summed E-state index contributed by atoms with van der Waals surface area (Å²) in [4.78, 5) is 27.3. The molecule has 6 heteroatoms. The van der Waals surface area contributed by atoms with Crippen LogP contribution in [0, 0.1) is 12.7 Å². The van der Waals surface area contributed by atoms with Crippen LogP contribution < -0.4 is 5.32 Å². The summed E-state index contributed by atoms with van der Waals surface area (Å²) in [6.07, 6.45) is 0. The van der Waals surface area contributed by atoms with Crippen molar-refractivity contribution in [2.75, 3.05) is 33.2 Å². The third kappa shape index (κ3) is 6.36. The standard InChI is InChI=1S/C17H26FN3O2/c1-5-21(6-2)17(23)12-20(4)11-16(22)19-10-14-8-7-13(3)15(18)9-14/h7-9H,5-6,10-12H2,1-4H3,(H,19,22). The fourth-order valence-electron chi connectivity index (χ4n) is 2.21. The van der Waals surface area contributed by atoms with Gasteiger partial charge in [-0.1, -0.05) is 12.1 Å². The van der Waals surface area contributed by atoms with Crippen molar-refractivity contribution in [3.63, 3.8) is 0 Å². The van der Waals surface area contributed by atoms with Crippen molar-refractivity contribution >= 4 is 11.8 Å². The Bertz CT molecular complexity index is 545. The molecule has 0 aliphatic carbocycles. The highest BCUT2D eigenvalue weighted by atomic mass is 19.1. The van der Waals surface area contributed by atoms with E-state index in [1.165, 1.54) is 6.07 Å². The number of rotatable bonds is 8. The molecule has 0 heterocycles. The molecule has 23 heavy (non-hydrogen) atoms. The van der Waals surface area contributed by atoms with E-state index in [1.807, 2.05) is 13.8 Å². The van der Waals surface area contributed by atoms with Crippen molar-refractivity contribution in [1.29, 1.82) is 0 Å². The second-order valence-corrected chi connectivity index (χ2v) is 5.60. The third-order valence-electron chi connectivity index (χ3n) is 3.66. The minimum absolute atomic E-state index is 0.00547. The summed E-state index contributed by atoms with van der Waals surface area (Å²) in [6, 6.07) is 4.89. The SMILES string of the molecule is CCN(CC)C(=O)CN(C)CC(=O)NCc1ccc(C)c(F)c1. The van der Waals surface area contributed by atoms with E-state index in [9.17, 15) is 14.0 Å². The highest BCUT2D eigenvalue weighted by Crippen LogP contribution is 2.08. The lowest BCUT2D eigenvalue weighted by atomic mass is 10.1. The second kappa shape index (κ2) is 9.25. The van der Waals surface area contributed by atoms with E-state index in [0.717, 1.165) is 0 Å². The first-order valence-corrected chi connectivity index (χ1v) is 7.85. The van der Waals surface area contributed by atoms with Gasteiger partial charge in [0.25, 0.3) is 0 Å². The summed E-state index contributed by atoms with van der Waals surface area (Å²) in [5, 5.41) is 2.73. The van der Waals surface area contributed by atoms with Crippen LogP contribution in [0.25, 0.3) is 0 Å². The van der Waals surface area contributed by atoms with Gasteiger partial charge in [0.2, 0.25) is 11.8 Å². The Morgan fingerprint density at radius 3 is 2.39 bits per heavy atom. The van der Waals surface area contributed by atoms with E-state index in [4.69, 9.17) is 0 Å². The Hall–Kier alpha value is -1.95. The van der Waals surface area contributed by atoms with Gasteiger partial charge in [-0.3, -0.25) is 14.5 Å². The van der Waals surface area contributed by atoms with Gasteiger partial charge in [0.1, 0.15) is 5.82 Å². The van der Waals surface area contributed by atoms with E-state index in [1.54, 1.807) is 35.9 Å². The fraction of sp³-hybridized carbons (Fsp3) is 0.529. The van der Waals surface area contributed by atoms with Crippen molar-refractivity contribution in [3.05, 3.63) is 35.1 Å². The number of aryl methyl sites for hydroxylation is 1. The van der Waals surface area contributed by atoms with Crippen molar-refractivity contribution in [3.8, 4) is 0 Å². The molecule has 0 atom stereocenters. The maximum absolute atomic E-state index is 13.4. The molecule has 1 N–H and O–H groups in total. The number of benzene rings is 1. The molecular formula is C17H26FN3O2. The summed E-state index contributed by atoms with van der Waals surface area (Å²) in [5.41, 5.74) is 1.29. The van der Waals surface area contributed by atoms with Gasteiger partial charge in [0.15, 0.2) is 0 Å². The smallest absolute Gasteiger partial charge is 0.236 e. The molecule has 0 bridgehead atoms. The maximum Gasteiger partial charge on any atom is 0.236 e. The molecule has 1 aromatic carbocycles. The molecule has 0 fully saturated rings. The summed E-state index contributed by atoms with van der Waals surface area (Å²) in [6.45, 7) is 7.47. The van der Waals surface area contributed by atoms with Gasteiger partial charge in [0, 0.05) is 19.6 Å². The van der Waals surface area contributed by atoms with Crippen molar-refractivity contribution < 1.29 is 14.0 Å². The number of carbonyl (C=O) groups is 2. The molecular weight excluding hydrogens is 297 g/mol. The van der Waals surface area contributed by atoms with Crippen LogP contribution in [0.3, 0.4) is 0 Å². The molecule has 0 aliphatic rings. The van der Waals surface area contributed by atoms with Gasteiger partial charge in [-0.05, 0) is 45.0 Å². The molecule has 1 rings (SSSR count). The summed E-state index contributed by atoms with van der Waals surface area (Å²) in [5.74, 6) is -0.467. The number of halogens is 1. The number of carbonyl (C=O) groups excluding carboxylic acids is 2. The monoisotopic (exact) mass is 323 g/mol. The summed E-state index contributed by atoms with van der Waals surface area (Å²) >= 11 is 0. The average Bonchev–Trinajstić information content (AvgIpc) is 2.49. The van der Waals surface area contributed by atoms with Crippen LogP contribution in [0.5, 0.6) is 0 Å². The molecule has 5 nitrogen and oxygen atoms in total. The summed E-state index contributed by atoms with van der Waals surface area (Å²) < 4.78 is 13.4. The van der Waals surface area contributed by atoms with E-state index in [2.05, 4.69) is 5.32 Å². The molecule has 0 saturated heterocycles. The molecule has 0 spiro atoms. The highest BCUT2D eigenvalue weighted by Gasteiger charge is 2.14. The normalized spacial score (nSPS) is 10.7. The molecule has 128 valence electrons. The van der Waals surface area contributed by atoms with Crippen LogP contribution in [0.1, 0.15) is 25.0 Å². The van der Waals surface area contributed by atoms with Crippen molar-refractivity contribution in [2.45, 2.75) is 27.3 Å². The Balaban J connectivity index is 2.40. The number of likely N-dealkylation sites (N-methyl/N-ethyl adjacent to an activating group) is 2. The Morgan fingerprint density at radius 2 is 1.83 bits per heavy atom. The topological polar surface area (TPSA) is 52.7 Å². The molecule has 2 amide bonds. The molecule has 0 radical (unpaired) electrons. The van der Waals surface area contributed by atoms with Gasteiger partial charge in [-0.15, -0.1) is 0 Å². The zero-order valence-electron chi connectivity index (χ0n) is 14.4. The highest BCUT2D eigenvalue weighted by molar-refractivity contribution is 5.81. The minimum atomic E-state index is -0.279. The van der Waals surface area contributed by atoms with Gasteiger partial charge in [0.05, 0.1) is 13.1 Å². The molecule has 0 unspecified atom stereocenters. The number of hydrogen-bond acceptors (Lipinski definition) is 3. The van der Waals surface area contributed by atoms with E-state index < -0.39 is 0 Å². The van der Waals surface area contributed by atoms with Gasteiger partial charge < -0.3 is 10.2 Å². The zero-order chi connectivity index (χ0) is 17.4. The predicted molar refractivity (Wildman–Crippen MR) is 88.4 cm³/mol. The Morgan fingerprint density at radius 1 is 1.17 bits per heavy atom. The van der Waals surface area contributed by atoms with Gasteiger partial charge >= 0.3 is 0 Å². The first-order valence-electron chi connectivity index (χ1n) is 7.85. The molecule has 0 aliphatic heterocycles. The molecule has 0 saturated carbocycles. The van der Waals surface area contributed by atoms with Crippen LogP contribution in [0.4, 0.5) is 4.39 Å². The summed E-state index contributed by atoms with van der Waals surface area (Å²) in [7, 11) is 1.73. The zero-order valence-corrected chi connectivity index (χ0v) is 14.4. The number of hydrogen-bond donors (Lipinski definition) is 1. The molecule has 0 aromatic heterocycles. The lowest BCUT2D eigenvalue weighted by Gasteiger charge is -2.22. The van der Waals surface area contributed by atoms with Crippen molar-refractivity contribution in [1.82, 2.24) is 15.1 Å². The quantitative estimate of drug-likeness (QED) is 0.790. The number of nitrogens with zero attached hydrogens (tertiary/aromatic N) is 2. The fourth-order valence-corrected chi connectivity index (χ4v) is 2.21. The van der Waals surface area contributed by atoms with E-state index >= 15 is 0 Å². The van der Waals surface area contributed by atoms with Gasteiger partial charge in [-0.2, -0.15) is 0 Å². The minimum Gasteiger partial charge on any atom is -0.351 e. The number of nitrogens with one attached hydrogen (secondary N) is 1. The first-order chi connectivity index (χ1) is 10.9. The van der Waals surface area contributed by atoms with E-state index in [0.29, 0.717) is 24.2 Å². The van der Waals surface area contributed by atoms with Crippen LogP contribution >= 0.6 is 0 Å². The average molecular weight is 323 g/mol. The Kier molecular flexibility index (Phi) is 7.68. The first kappa shape index (κ1) is 19.1. The second-order valence-electron chi connectivity index (χ2n) is 5.60. The number of amides is 2. The molecule has 1 aromatic rings. The van der Waals surface area contributed by atoms with Crippen LogP contribution in [0.2, 0.25) is 0 Å². The van der Waals surface area contributed by atoms with E-state index in [-0.39, 0.29) is 37.3 Å². The maximum atomic E-state index is 13.4. The largest absolute Gasteiger partial charge is 0.351 e. The lowest BCUT2D eigenvalue weighted by Crippen LogP contribution is -2.42. The lowest BCUT2D eigenvalue weighted by molar-refractivity contribution is -0.132.